The molecule has 1 aliphatic rings. The molecule has 0 radical (unpaired) electrons. The number of nitrogens with zero attached hydrogens (tertiary/aromatic N) is 1. The summed E-state index contributed by atoms with van der Waals surface area (Å²) in [4.78, 5) is 25.6. The quantitative estimate of drug-likeness (QED) is 0.383. The van der Waals surface area contributed by atoms with E-state index in [2.05, 4.69) is 29.6 Å². The number of nitrogens with one attached hydrogen (secondary N) is 1. The highest BCUT2D eigenvalue weighted by molar-refractivity contribution is 7.85. The first kappa shape index (κ1) is 23.5. The number of halogens is 1. The van der Waals surface area contributed by atoms with Crippen molar-refractivity contribution in [3.05, 3.63) is 70.7 Å². The van der Waals surface area contributed by atoms with Crippen molar-refractivity contribution in [2.24, 2.45) is 0 Å². The van der Waals surface area contributed by atoms with E-state index < -0.39 is 16.2 Å². The highest BCUT2D eigenvalue weighted by Crippen LogP contribution is 2.24. The molecule has 2 unspecified atom stereocenters. The summed E-state index contributed by atoms with van der Waals surface area (Å²) in [6.45, 7) is 0.578. The van der Waals surface area contributed by atoms with Crippen LogP contribution in [0.1, 0.15) is 43.2 Å². The van der Waals surface area contributed by atoms with Gasteiger partial charge in [-0.05, 0) is 42.5 Å². The van der Waals surface area contributed by atoms with Gasteiger partial charge in [0.05, 0.1) is 12.2 Å². The van der Waals surface area contributed by atoms with Crippen LogP contribution < -0.4 is 5.32 Å². The lowest BCUT2D eigenvalue weighted by Gasteiger charge is -2.39. The fraction of sp³-hybridized carbons (Fsp3) is 0.417. The summed E-state index contributed by atoms with van der Waals surface area (Å²) < 4.78 is 12.6. The number of β-lactam (4-membered cyclic amide) rings is 1. The van der Waals surface area contributed by atoms with Crippen molar-refractivity contribution in [3.8, 4) is 0 Å². The van der Waals surface area contributed by atoms with Crippen molar-refractivity contribution >= 4 is 34.2 Å². The van der Waals surface area contributed by atoms with Crippen molar-refractivity contribution in [2.75, 3.05) is 13.1 Å². The van der Waals surface area contributed by atoms with Crippen LogP contribution in [-0.2, 0) is 32.6 Å². The molecule has 1 aliphatic heterocycles. The smallest absolute Gasteiger partial charge is 0.239 e. The SMILES string of the molecule is O=C(CN1C(=O)CC1S(=O)Cc1ccc(Cl)cc1)NCCCCCCc1ccccc1. The summed E-state index contributed by atoms with van der Waals surface area (Å²) in [5.41, 5.74) is 2.26. The first-order valence-electron chi connectivity index (χ1n) is 10.7. The molecule has 0 bridgehead atoms. The molecular weight excluding hydrogens is 432 g/mol. The van der Waals surface area contributed by atoms with Crippen LogP contribution in [0.5, 0.6) is 0 Å². The van der Waals surface area contributed by atoms with Crippen molar-refractivity contribution < 1.29 is 13.8 Å². The van der Waals surface area contributed by atoms with E-state index in [-0.39, 0.29) is 24.8 Å². The average Bonchev–Trinajstić information content (AvgIpc) is 2.77. The highest BCUT2D eigenvalue weighted by Gasteiger charge is 2.41. The van der Waals surface area contributed by atoms with Crippen LogP contribution in [0.25, 0.3) is 0 Å². The first-order valence-corrected chi connectivity index (χ1v) is 12.5. The molecular formula is C24H29ClN2O3S. The number of hydrogen-bond donors (Lipinski definition) is 1. The molecule has 2 aromatic carbocycles. The van der Waals surface area contributed by atoms with Crippen molar-refractivity contribution in [1.82, 2.24) is 10.2 Å². The van der Waals surface area contributed by atoms with E-state index in [0.29, 0.717) is 17.3 Å². The predicted molar refractivity (Wildman–Crippen MR) is 125 cm³/mol. The van der Waals surface area contributed by atoms with Gasteiger partial charge >= 0.3 is 0 Å². The molecule has 2 atom stereocenters. The van der Waals surface area contributed by atoms with Crippen LogP contribution in [0.15, 0.2) is 54.6 Å². The van der Waals surface area contributed by atoms with Gasteiger partial charge in [0.15, 0.2) is 0 Å². The zero-order valence-electron chi connectivity index (χ0n) is 17.6. The standard InChI is InChI=1S/C24H29ClN2O3S/c25-21-13-11-20(12-14-21)18-31(30)24-16-23(29)27(24)17-22(28)26-15-7-2-1-4-8-19-9-5-3-6-10-19/h3,5-6,9-14,24H,1-2,4,7-8,15-18H2,(H,26,28). The first-order chi connectivity index (χ1) is 15.0. The minimum atomic E-state index is -1.25. The number of amides is 2. The van der Waals surface area contributed by atoms with E-state index in [4.69, 9.17) is 11.6 Å². The maximum Gasteiger partial charge on any atom is 0.239 e. The number of carbonyl (C=O) groups is 2. The van der Waals surface area contributed by atoms with E-state index in [9.17, 15) is 13.8 Å². The summed E-state index contributed by atoms with van der Waals surface area (Å²) in [6.07, 6.45) is 5.56. The lowest BCUT2D eigenvalue weighted by atomic mass is 10.1. The normalized spacial score (nSPS) is 16.6. The predicted octanol–water partition coefficient (Wildman–Crippen LogP) is 4.07. The molecule has 166 valence electrons. The zero-order valence-corrected chi connectivity index (χ0v) is 19.2. The maximum absolute atomic E-state index is 12.6. The number of unbranched alkanes of at least 4 members (excludes halogenated alkanes) is 3. The molecule has 1 N–H and O–H groups in total. The van der Waals surface area contributed by atoms with Gasteiger partial charge in [-0.3, -0.25) is 13.8 Å². The van der Waals surface area contributed by atoms with Crippen molar-refractivity contribution in [3.63, 3.8) is 0 Å². The van der Waals surface area contributed by atoms with Crippen LogP contribution in [-0.4, -0.2) is 39.4 Å². The van der Waals surface area contributed by atoms with Crippen LogP contribution >= 0.6 is 11.6 Å². The van der Waals surface area contributed by atoms with Crippen LogP contribution in [0.4, 0.5) is 0 Å². The molecule has 3 rings (SSSR count). The van der Waals surface area contributed by atoms with Gasteiger partial charge in [-0.2, -0.15) is 0 Å². The minimum absolute atomic E-state index is 0.0239. The van der Waals surface area contributed by atoms with E-state index in [1.807, 2.05) is 18.2 Å². The van der Waals surface area contributed by atoms with Gasteiger partial charge in [-0.15, -0.1) is 0 Å². The Morgan fingerprint density at radius 3 is 2.42 bits per heavy atom. The third kappa shape index (κ3) is 7.47. The van der Waals surface area contributed by atoms with Gasteiger partial charge in [0.2, 0.25) is 11.8 Å². The van der Waals surface area contributed by atoms with Gasteiger partial charge in [-0.25, -0.2) is 0 Å². The number of aryl methyl sites for hydroxylation is 1. The number of rotatable bonds is 12. The molecule has 1 fully saturated rings. The Hall–Kier alpha value is -2.18. The highest BCUT2D eigenvalue weighted by atomic mass is 35.5. The lowest BCUT2D eigenvalue weighted by molar-refractivity contribution is -0.145. The fourth-order valence-corrected chi connectivity index (χ4v) is 5.23. The molecule has 0 aromatic heterocycles. The third-order valence-electron chi connectivity index (χ3n) is 5.41. The summed E-state index contributed by atoms with van der Waals surface area (Å²) in [7, 11) is -1.25. The second-order valence-corrected chi connectivity index (χ2v) is 9.86. The number of carbonyl (C=O) groups excluding carboxylic acids is 2. The summed E-state index contributed by atoms with van der Waals surface area (Å²) in [6, 6.07) is 17.6. The Morgan fingerprint density at radius 2 is 1.71 bits per heavy atom. The fourth-order valence-electron chi connectivity index (χ4n) is 3.58. The Morgan fingerprint density at radius 1 is 1.00 bits per heavy atom. The van der Waals surface area contributed by atoms with E-state index >= 15 is 0 Å². The molecule has 2 aromatic rings. The molecule has 2 amide bonds. The second-order valence-electron chi connectivity index (χ2n) is 7.83. The van der Waals surface area contributed by atoms with Crippen molar-refractivity contribution in [2.45, 2.75) is 49.7 Å². The molecule has 0 aliphatic carbocycles. The molecule has 7 heteroatoms. The van der Waals surface area contributed by atoms with E-state index in [1.54, 1.807) is 12.1 Å². The van der Waals surface area contributed by atoms with Gasteiger partial charge in [0, 0.05) is 22.4 Å². The average molecular weight is 461 g/mol. The molecule has 0 spiro atoms. The summed E-state index contributed by atoms with van der Waals surface area (Å²) in [5.74, 6) is 0.0345. The van der Waals surface area contributed by atoms with E-state index in [1.165, 1.54) is 10.5 Å². The van der Waals surface area contributed by atoms with Crippen LogP contribution in [0.2, 0.25) is 5.02 Å². The van der Waals surface area contributed by atoms with Gasteiger partial charge in [-0.1, -0.05) is 66.9 Å². The third-order valence-corrected chi connectivity index (χ3v) is 7.31. The van der Waals surface area contributed by atoms with Crippen LogP contribution in [0, 0.1) is 0 Å². The van der Waals surface area contributed by atoms with Gasteiger partial charge in [0.1, 0.15) is 11.9 Å². The van der Waals surface area contributed by atoms with E-state index in [0.717, 1.165) is 37.7 Å². The maximum atomic E-state index is 12.6. The Labute approximate surface area is 191 Å². The Kier molecular flexibility index (Phi) is 9.10. The monoisotopic (exact) mass is 460 g/mol. The largest absolute Gasteiger partial charge is 0.355 e. The van der Waals surface area contributed by atoms with Gasteiger partial charge in [0.25, 0.3) is 0 Å². The molecule has 0 saturated carbocycles. The number of benzene rings is 2. The number of likely N-dealkylation sites (tertiary alicyclic amines) is 1. The topological polar surface area (TPSA) is 66.5 Å². The summed E-state index contributed by atoms with van der Waals surface area (Å²) >= 11 is 5.88. The Bertz CT molecular complexity index is 889. The van der Waals surface area contributed by atoms with Gasteiger partial charge < -0.3 is 10.2 Å². The molecule has 1 heterocycles. The summed E-state index contributed by atoms with van der Waals surface area (Å²) in [5, 5.41) is 3.11. The zero-order chi connectivity index (χ0) is 22.1. The molecule has 31 heavy (non-hydrogen) atoms. The Balaban J connectivity index is 1.30. The molecule has 5 nitrogen and oxygen atoms in total. The number of hydrogen-bond acceptors (Lipinski definition) is 3. The van der Waals surface area contributed by atoms with Crippen molar-refractivity contribution in [1.29, 1.82) is 0 Å². The van der Waals surface area contributed by atoms with Crippen LogP contribution in [0.3, 0.4) is 0 Å². The molecule has 1 saturated heterocycles. The minimum Gasteiger partial charge on any atom is -0.355 e. The lowest BCUT2D eigenvalue weighted by Crippen LogP contribution is -2.57. The second kappa shape index (κ2) is 12.0.